The van der Waals surface area contributed by atoms with Gasteiger partial charge in [-0.15, -0.1) is 11.3 Å². The highest BCUT2D eigenvalue weighted by atomic mass is 79.9. The van der Waals surface area contributed by atoms with E-state index in [1.165, 1.54) is 6.07 Å². The molecule has 2 fully saturated rings. The monoisotopic (exact) mass is 531 g/mol. The molecule has 1 amide bonds. The third kappa shape index (κ3) is 5.55. The molecular formula is C15H22BrN3O7S3. The Morgan fingerprint density at radius 2 is 2.03 bits per heavy atom. The predicted octanol–water partition coefficient (Wildman–Crippen LogP) is 0.719. The van der Waals surface area contributed by atoms with Crippen LogP contribution in [0.5, 0.6) is 0 Å². The highest BCUT2D eigenvalue weighted by Gasteiger charge is 2.43. The number of hydrogen-bond donors (Lipinski definition) is 1. The maximum absolute atomic E-state index is 13.1. The molecule has 2 atom stereocenters. The van der Waals surface area contributed by atoms with Crippen LogP contribution >= 0.6 is 27.3 Å². The number of nitrogens with zero attached hydrogens (tertiary/aromatic N) is 2. The molecule has 1 N–H and O–H groups in total. The van der Waals surface area contributed by atoms with Gasteiger partial charge in [0.25, 0.3) is 15.9 Å². The Balaban J connectivity index is 1.80. The molecule has 1 aromatic rings. The van der Waals surface area contributed by atoms with Gasteiger partial charge in [0.15, 0.2) is 6.29 Å². The van der Waals surface area contributed by atoms with E-state index < -0.39 is 38.3 Å². The smallest absolute Gasteiger partial charge is 0.263 e. The number of amides is 1. The van der Waals surface area contributed by atoms with Crippen molar-refractivity contribution >= 4 is 53.2 Å². The zero-order chi connectivity index (χ0) is 21.2. The highest BCUT2D eigenvalue weighted by Crippen LogP contribution is 2.30. The molecule has 14 heteroatoms. The molecule has 0 radical (unpaired) electrons. The van der Waals surface area contributed by atoms with E-state index in [-0.39, 0.29) is 23.8 Å². The molecule has 3 rings (SSSR count). The number of carbonyl (C=O) groups excluding carboxylic acids is 1. The van der Waals surface area contributed by atoms with Gasteiger partial charge in [-0.05, 0) is 40.9 Å². The second-order valence-electron chi connectivity index (χ2n) is 6.69. The lowest BCUT2D eigenvalue weighted by atomic mass is 10.2. The first-order chi connectivity index (χ1) is 13.6. The molecular weight excluding hydrogens is 510 g/mol. The number of rotatable bonds is 6. The molecule has 3 heterocycles. The number of thiophene rings is 1. The zero-order valence-electron chi connectivity index (χ0n) is 15.6. The first kappa shape index (κ1) is 23.1. The number of piperazine rings is 1. The van der Waals surface area contributed by atoms with Gasteiger partial charge in [0.1, 0.15) is 10.3 Å². The molecule has 0 aliphatic carbocycles. The minimum absolute atomic E-state index is 0.0407. The van der Waals surface area contributed by atoms with Gasteiger partial charge in [-0.25, -0.2) is 27.2 Å². The van der Waals surface area contributed by atoms with Crippen molar-refractivity contribution < 1.29 is 31.2 Å². The molecule has 0 aromatic carbocycles. The van der Waals surface area contributed by atoms with E-state index in [1.807, 2.05) is 0 Å². The van der Waals surface area contributed by atoms with Crippen molar-refractivity contribution in [3.63, 3.8) is 0 Å². The van der Waals surface area contributed by atoms with Gasteiger partial charge < -0.3 is 4.74 Å². The lowest BCUT2D eigenvalue weighted by Crippen LogP contribution is -2.61. The number of sulfonamides is 2. The van der Waals surface area contributed by atoms with Crippen LogP contribution in [0.4, 0.5) is 0 Å². The van der Waals surface area contributed by atoms with E-state index in [2.05, 4.69) is 21.4 Å². The van der Waals surface area contributed by atoms with Crippen molar-refractivity contribution in [1.29, 1.82) is 0 Å². The average Bonchev–Trinajstić information content (AvgIpc) is 3.13. The molecule has 164 valence electrons. The summed E-state index contributed by atoms with van der Waals surface area (Å²) in [7, 11) is -7.59. The molecule has 0 spiro atoms. The third-order valence-electron chi connectivity index (χ3n) is 4.61. The number of halogens is 1. The summed E-state index contributed by atoms with van der Waals surface area (Å²) in [5.74, 6) is -0.744. The second kappa shape index (κ2) is 9.26. The first-order valence-corrected chi connectivity index (χ1v) is 13.8. The Morgan fingerprint density at radius 3 is 2.62 bits per heavy atom. The van der Waals surface area contributed by atoms with Gasteiger partial charge in [0.05, 0.1) is 10.0 Å². The molecule has 0 saturated carbocycles. The number of hydroxylamine groups is 1. The van der Waals surface area contributed by atoms with Crippen LogP contribution in [0.15, 0.2) is 20.1 Å². The van der Waals surface area contributed by atoms with Crippen molar-refractivity contribution in [3.05, 3.63) is 15.9 Å². The largest absolute Gasteiger partial charge is 0.350 e. The van der Waals surface area contributed by atoms with Crippen molar-refractivity contribution in [2.75, 3.05) is 32.5 Å². The topological polar surface area (TPSA) is 122 Å². The zero-order valence-corrected chi connectivity index (χ0v) is 19.6. The van der Waals surface area contributed by atoms with Crippen molar-refractivity contribution in [2.45, 2.75) is 35.8 Å². The standard InChI is InChI=1S/C15H22BrN3O7S3/c1-28(21,22)18-7-8-19(29(23,24)14-6-5-12(16)27-14)11(10-18)15(20)17-26-13-4-2-3-9-25-13/h5-6,11,13H,2-4,7-10H2,1H3,(H,17,20)/t11-,13-/m1/s1. The predicted molar refractivity (Wildman–Crippen MR) is 109 cm³/mol. The van der Waals surface area contributed by atoms with Gasteiger partial charge in [-0.3, -0.25) is 4.79 Å². The van der Waals surface area contributed by atoms with E-state index in [0.717, 1.165) is 39.0 Å². The Morgan fingerprint density at radius 1 is 1.28 bits per heavy atom. The van der Waals surface area contributed by atoms with Crippen LogP contribution < -0.4 is 5.48 Å². The molecule has 1 aromatic heterocycles. The van der Waals surface area contributed by atoms with Gasteiger partial charge in [-0.1, -0.05) is 0 Å². The molecule has 2 aliphatic heterocycles. The summed E-state index contributed by atoms with van der Waals surface area (Å²) in [6.45, 7) is 0.0226. The molecule has 0 unspecified atom stereocenters. The number of carbonyl (C=O) groups is 1. The summed E-state index contributed by atoms with van der Waals surface area (Å²) in [6.07, 6.45) is 2.81. The van der Waals surface area contributed by atoms with Crippen LogP contribution in [-0.2, 0) is 34.4 Å². The quantitative estimate of drug-likeness (QED) is 0.536. The summed E-state index contributed by atoms with van der Waals surface area (Å²) >= 11 is 4.25. The Hall–Kier alpha value is -0.610. The Labute approximate surface area is 182 Å². The van der Waals surface area contributed by atoms with E-state index >= 15 is 0 Å². The highest BCUT2D eigenvalue weighted by molar-refractivity contribution is 9.11. The van der Waals surface area contributed by atoms with Crippen LogP contribution in [0.3, 0.4) is 0 Å². The summed E-state index contributed by atoms with van der Waals surface area (Å²) in [5, 5.41) is 0. The Kier molecular flexibility index (Phi) is 7.36. The van der Waals surface area contributed by atoms with E-state index in [4.69, 9.17) is 9.57 Å². The van der Waals surface area contributed by atoms with E-state index in [0.29, 0.717) is 16.8 Å². The van der Waals surface area contributed by atoms with Gasteiger partial charge >= 0.3 is 0 Å². The Bertz CT molecular complexity index is 944. The maximum Gasteiger partial charge on any atom is 0.263 e. The van der Waals surface area contributed by atoms with Crippen LogP contribution in [0.1, 0.15) is 19.3 Å². The van der Waals surface area contributed by atoms with Gasteiger partial charge in [0.2, 0.25) is 10.0 Å². The third-order valence-corrected chi connectivity index (χ3v) is 9.87. The summed E-state index contributed by atoms with van der Waals surface area (Å²) < 4.78 is 58.3. The average molecular weight is 532 g/mol. The van der Waals surface area contributed by atoms with Crippen molar-refractivity contribution in [1.82, 2.24) is 14.1 Å². The van der Waals surface area contributed by atoms with Crippen LogP contribution in [0, 0.1) is 0 Å². The van der Waals surface area contributed by atoms with Gasteiger partial charge in [0, 0.05) is 32.7 Å². The van der Waals surface area contributed by atoms with Crippen molar-refractivity contribution in [3.8, 4) is 0 Å². The fourth-order valence-corrected chi connectivity index (χ4v) is 7.63. The second-order valence-corrected chi connectivity index (χ2v) is 13.3. The fraction of sp³-hybridized carbons (Fsp3) is 0.667. The van der Waals surface area contributed by atoms with E-state index in [9.17, 15) is 21.6 Å². The van der Waals surface area contributed by atoms with E-state index in [1.54, 1.807) is 6.07 Å². The molecule has 2 saturated heterocycles. The summed E-state index contributed by atoms with van der Waals surface area (Å²) in [5.41, 5.74) is 2.26. The lowest BCUT2D eigenvalue weighted by molar-refractivity contribution is -0.202. The molecule has 29 heavy (non-hydrogen) atoms. The van der Waals surface area contributed by atoms with Crippen LogP contribution in [0.2, 0.25) is 0 Å². The van der Waals surface area contributed by atoms with Gasteiger partial charge in [-0.2, -0.15) is 8.61 Å². The number of nitrogens with one attached hydrogen (secondary N) is 1. The first-order valence-electron chi connectivity index (χ1n) is 8.88. The summed E-state index contributed by atoms with van der Waals surface area (Å²) in [6, 6.07) is 1.77. The fourth-order valence-electron chi connectivity index (χ4n) is 3.09. The summed E-state index contributed by atoms with van der Waals surface area (Å²) in [4.78, 5) is 18.1. The maximum atomic E-state index is 13.1. The SMILES string of the molecule is CS(=O)(=O)N1CCN(S(=O)(=O)c2ccc(Br)s2)[C@@H](C(=O)NO[C@@H]2CCCCO2)C1. The molecule has 10 nitrogen and oxygen atoms in total. The van der Waals surface area contributed by atoms with Crippen molar-refractivity contribution in [2.24, 2.45) is 0 Å². The number of hydrogen-bond acceptors (Lipinski definition) is 8. The van der Waals surface area contributed by atoms with Crippen LogP contribution in [-0.4, -0.2) is 76.2 Å². The minimum atomic E-state index is -3.99. The minimum Gasteiger partial charge on any atom is -0.350 e. The van der Waals surface area contributed by atoms with Crippen LogP contribution in [0.25, 0.3) is 0 Å². The normalized spacial score (nSPS) is 25.0. The lowest BCUT2D eigenvalue weighted by Gasteiger charge is -2.38. The molecule has 2 aliphatic rings. The number of ether oxygens (including phenoxy) is 1. The molecule has 0 bridgehead atoms.